The Hall–Kier alpha value is -3.16. The first-order chi connectivity index (χ1) is 12.7. The lowest BCUT2D eigenvalue weighted by Crippen LogP contribution is -2.31. The van der Waals surface area contributed by atoms with E-state index >= 15 is 0 Å². The second-order valence-corrected chi connectivity index (χ2v) is 6.08. The van der Waals surface area contributed by atoms with Crippen LogP contribution in [0.15, 0.2) is 30.7 Å². The van der Waals surface area contributed by atoms with E-state index in [1.54, 1.807) is 13.3 Å². The predicted molar refractivity (Wildman–Crippen MR) is 95.1 cm³/mol. The summed E-state index contributed by atoms with van der Waals surface area (Å²) in [4.78, 5) is 22.5. The van der Waals surface area contributed by atoms with Gasteiger partial charge in [0.05, 0.1) is 25.8 Å². The van der Waals surface area contributed by atoms with Crippen molar-refractivity contribution >= 4 is 22.8 Å². The van der Waals surface area contributed by atoms with Gasteiger partial charge >= 0.3 is 5.97 Å². The summed E-state index contributed by atoms with van der Waals surface area (Å²) in [6.45, 7) is 1.58. The average Bonchev–Trinajstić information content (AvgIpc) is 3.09. The van der Waals surface area contributed by atoms with Gasteiger partial charge < -0.3 is 14.4 Å². The maximum absolute atomic E-state index is 11.6. The minimum Gasteiger partial charge on any atom is -0.496 e. The molecular weight excluding hydrogens is 334 g/mol. The largest absolute Gasteiger partial charge is 0.496 e. The Morgan fingerprint density at radius 2 is 2.15 bits per heavy atom. The van der Waals surface area contributed by atoms with E-state index in [0.717, 1.165) is 36.5 Å². The van der Waals surface area contributed by atoms with Gasteiger partial charge in [-0.25, -0.2) is 14.6 Å². The van der Waals surface area contributed by atoms with Crippen LogP contribution in [0.25, 0.3) is 11.0 Å². The summed E-state index contributed by atoms with van der Waals surface area (Å²) in [5, 5.41) is 5.10. The van der Waals surface area contributed by atoms with Gasteiger partial charge in [0.25, 0.3) is 0 Å². The molecule has 0 unspecified atom stereocenters. The fourth-order valence-electron chi connectivity index (χ4n) is 3.38. The molecule has 0 bridgehead atoms. The van der Waals surface area contributed by atoms with Crippen LogP contribution in [0.3, 0.4) is 0 Å². The van der Waals surface area contributed by atoms with Gasteiger partial charge in [-0.2, -0.15) is 5.10 Å². The summed E-state index contributed by atoms with van der Waals surface area (Å²) in [6.07, 6.45) is 4.09. The van der Waals surface area contributed by atoms with Crippen molar-refractivity contribution in [2.45, 2.75) is 19.5 Å². The van der Waals surface area contributed by atoms with Crippen molar-refractivity contribution in [1.82, 2.24) is 19.7 Å². The molecule has 0 atom stereocenters. The second-order valence-electron chi connectivity index (χ2n) is 6.08. The van der Waals surface area contributed by atoms with Crippen molar-refractivity contribution in [2.75, 3.05) is 25.7 Å². The van der Waals surface area contributed by atoms with Gasteiger partial charge in [-0.3, -0.25) is 4.79 Å². The molecule has 0 saturated carbocycles. The zero-order valence-corrected chi connectivity index (χ0v) is 14.7. The van der Waals surface area contributed by atoms with E-state index in [9.17, 15) is 4.79 Å². The SMILES string of the molecule is COC(=O)Cn1ncc2c(N3CCc4c(cccc4OC)C3)ncnc21. The van der Waals surface area contributed by atoms with Gasteiger partial charge in [0.15, 0.2) is 5.65 Å². The minimum absolute atomic E-state index is 0.0243. The number of carbonyl (C=O) groups excluding carboxylic acids is 1. The Morgan fingerprint density at radius 3 is 2.96 bits per heavy atom. The number of carbonyl (C=O) groups is 1. The van der Waals surface area contributed by atoms with E-state index in [4.69, 9.17) is 9.47 Å². The Labute approximate surface area is 150 Å². The smallest absolute Gasteiger partial charge is 0.327 e. The van der Waals surface area contributed by atoms with E-state index in [2.05, 4.69) is 26.0 Å². The highest BCUT2D eigenvalue weighted by molar-refractivity contribution is 5.87. The molecule has 0 aliphatic carbocycles. The summed E-state index contributed by atoms with van der Waals surface area (Å²) >= 11 is 0. The van der Waals surface area contributed by atoms with Gasteiger partial charge in [0, 0.05) is 18.7 Å². The fourth-order valence-corrected chi connectivity index (χ4v) is 3.38. The van der Waals surface area contributed by atoms with Crippen molar-refractivity contribution in [1.29, 1.82) is 0 Å². The average molecular weight is 353 g/mol. The number of nitrogens with zero attached hydrogens (tertiary/aromatic N) is 5. The molecule has 0 spiro atoms. The van der Waals surface area contributed by atoms with E-state index in [1.807, 2.05) is 12.1 Å². The standard InChI is InChI=1S/C18H19N5O3/c1-25-15-5-3-4-12-9-22(7-6-13(12)15)17-14-8-21-23(10-16(24)26-2)18(14)20-11-19-17/h3-5,8,11H,6-7,9-10H2,1-2H3. The van der Waals surface area contributed by atoms with Crippen LogP contribution in [0.5, 0.6) is 5.75 Å². The number of rotatable bonds is 4. The van der Waals surface area contributed by atoms with Crippen molar-refractivity contribution < 1.29 is 14.3 Å². The van der Waals surface area contributed by atoms with Gasteiger partial charge in [-0.15, -0.1) is 0 Å². The van der Waals surface area contributed by atoms with Gasteiger partial charge in [-0.05, 0) is 18.1 Å². The van der Waals surface area contributed by atoms with E-state index in [-0.39, 0.29) is 12.5 Å². The van der Waals surface area contributed by atoms with Gasteiger partial charge in [0.2, 0.25) is 0 Å². The number of aromatic nitrogens is 4. The molecule has 1 aliphatic rings. The number of benzene rings is 1. The topological polar surface area (TPSA) is 82.4 Å². The molecule has 0 N–H and O–H groups in total. The molecule has 0 saturated heterocycles. The van der Waals surface area contributed by atoms with Crippen molar-refractivity contribution in [2.24, 2.45) is 0 Å². The lowest BCUT2D eigenvalue weighted by atomic mass is 9.98. The van der Waals surface area contributed by atoms with Crippen LogP contribution in [0, 0.1) is 0 Å². The zero-order valence-electron chi connectivity index (χ0n) is 14.7. The molecule has 1 aromatic carbocycles. The first kappa shape index (κ1) is 16.3. The Bertz CT molecular complexity index is 969. The van der Waals surface area contributed by atoms with Crippen LogP contribution >= 0.6 is 0 Å². The fraction of sp³-hybridized carbons (Fsp3) is 0.333. The van der Waals surface area contributed by atoms with Crippen molar-refractivity contribution in [3.05, 3.63) is 41.9 Å². The molecule has 0 amide bonds. The lowest BCUT2D eigenvalue weighted by molar-refractivity contribution is -0.141. The molecule has 26 heavy (non-hydrogen) atoms. The van der Waals surface area contributed by atoms with Crippen molar-refractivity contribution in [3.8, 4) is 5.75 Å². The first-order valence-corrected chi connectivity index (χ1v) is 8.34. The van der Waals surface area contributed by atoms with Crippen LogP contribution in [0.1, 0.15) is 11.1 Å². The third-order valence-corrected chi connectivity index (χ3v) is 4.66. The summed E-state index contributed by atoms with van der Waals surface area (Å²) in [7, 11) is 3.06. The number of esters is 1. The van der Waals surface area contributed by atoms with E-state index < -0.39 is 0 Å². The number of ether oxygens (including phenoxy) is 2. The van der Waals surface area contributed by atoms with Crippen LogP contribution in [-0.2, 0) is 29.0 Å². The van der Waals surface area contributed by atoms with Crippen molar-refractivity contribution in [3.63, 3.8) is 0 Å². The highest BCUT2D eigenvalue weighted by Gasteiger charge is 2.23. The molecule has 4 rings (SSSR count). The third kappa shape index (κ3) is 2.73. The predicted octanol–water partition coefficient (Wildman–Crippen LogP) is 1.57. The maximum Gasteiger partial charge on any atom is 0.327 e. The van der Waals surface area contributed by atoms with Gasteiger partial charge in [-0.1, -0.05) is 12.1 Å². The molecule has 1 aliphatic heterocycles. The quantitative estimate of drug-likeness (QED) is 0.659. The van der Waals surface area contributed by atoms with Crippen LogP contribution in [0.4, 0.5) is 5.82 Å². The normalized spacial score (nSPS) is 13.5. The van der Waals surface area contributed by atoms with Crippen LogP contribution in [-0.4, -0.2) is 46.5 Å². The summed E-state index contributed by atoms with van der Waals surface area (Å²) in [5.74, 6) is 1.38. The van der Waals surface area contributed by atoms with Crippen LogP contribution in [0.2, 0.25) is 0 Å². The van der Waals surface area contributed by atoms with Crippen LogP contribution < -0.4 is 9.64 Å². The third-order valence-electron chi connectivity index (χ3n) is 4.66. The molecule has 0 fully saturated rings. The van der Waals surface area contributed by atoms with E-state index in [0.29, 0.717) is 5.65 Å². The Balaban J connectivity index is 1.68. The summed E-state index contributed by atoms with van der Waals surface area (Å²) in [6, 6.07) is 6.11. The molecule has 0 radical (unpaired) electrons. The zero-order chi connectivity index (χ0) is 18.1. The summed E-state index contributed by atoms with van der Waals surface area (Å²) < 4.78 is 11.7. The van der Waals surface area contributed by atoms with E-state index in [1.165, 1.54) is 29.2 Å². The second kappa shape index (κ2) is 6.62. The lowest BCUT2D eigenvalue weighted by Gasteiger charge is -2.30. The number of hydrogen-bond acceptors (Lipinski definition) is 7. The first-order valence-electron chi connectivity index (χ1n) is 8.34. The number of anilines is 1. The highest BCUT2D eigenvalue weighted by atomic mass is 16.5. The number of hydrogen-bond donors (Lipinski definition) is 0. The maximum atomic E-state index is 11.6. The molecule has 8 heteroatoms. The Kier molecular flexibility index (Phi) is 4.16. The number of fused-ring (bicyclic) bond motifs is 2. The number of methoxy groups -OCH3 is 2. The molecule has 2 aromatic heterocycles. The monoisotopic (exact) mass is 353 g/mol. The molecular formula is C18H19N5O3. The molecule has 134 valence electrons. The summed E-state index contributed by atoms with van der Waals surface area (Å²) in [5.41, 5.74) is 3.10. The highest BCUT2D eigenvalue weighted by Crippen LogP contribution is 2.31. The van der Waals surface area contributed by atoms with Gasteiger partial charge in [0.1, 0.15) is 24.4 Å². The molecule has 8 nitrogen and oxygen atoms in total. The Morgan fingerprint density at radius 1 is 1.27 bits per heavy atom. The molecule has 3 heterocycles. The minimum atomic E-state index is -0.367. The molecule has 3 aromatic rings.